The van der Waals surface area contributed by atoms with Crippen molar-refractivity contribution in [1.29, 1.82) is 0 Å². The number of Topliss-reactive ketones (excluding diaryl/α,β-unsaturated/α-hetero) is 1. The van der Waals surface area contributed by atoms with E-state index in [4.69, 9.17) is 16.3 Å². The van der Waals surface area contributed by atoms with E-state index >= 15 is 0 Å². The number of aliphatic hydroxyl groups is 1. The molecule has 1 N–H and O–H groups in total. The highest BCUT2D eigenvalue weighted by atomic mass is 35.5. The smallest absolute Gasteiger partial charge is 0.300 e. The minimum atomic E-state index is -0.891. The lowest BCUT2D eigenvalue weighted by atomic mass is 9.98. The first-order valence-electron chi connectivity index (χ1n) is 9.72. The van der Waals surface area contributed by atoms with Crippen LogP contribution in [0.5, 0.6) is 5.75 Å². The molecule has 1 atom stereocenters. The van der Waals surface area contributed by atoms with Gasteiger partial charge in [0.2, 0.25) is 0 Å². The molecule has 2 aromatic carbocycles. The van der Waals surface area contributed by atoms with Crippen LogP contribution >= 0.6 is 11.6 Å². The maximum atomic E-state index is 13.1. The van der Waals surface area contributed by atoms with E-state index < -0.39 is 17.7 Å². The summed E-state index contributed by atoms with van der Waals surface area (Å²) in [7, 11) is 0. The van der Waals surface area contributed by atoms with Crippen LogP contribution in [0.4, 0.5) is 5.69 Å². The Morgan fingerprint density at radius 2 is 1.87 bits per heavy atom. The maximum absolute atomic E-state index is 13.1. The fraction of sp³-hybridized carbons (Fsp3) is 0.125. The van der Waals surface area contributed by atoms with Crippen molar-refractivity contribution in [1.82, 2.24) is 4.98 Å². The van der Waals surface area contributed by atoms with Crippen molar-refractivity contribution in [2.24, 2.45) is 0 Å². The van der Waals surface area contributed by atoms with Crippen LogP contribution in [0.25, 0.3) is 5.76 Å². The van der Waals surface area contributed by atoms with Gasteiger partial charge in [-0.2, -0.15) is 0 Å². The van der Waals surface area contributed by atoms with E-state index in [9.17, 15) is 14.7 Å². The number of aliphatic hydroxyl groups excluding tert-OH is 1. The minimum absolute atomic E-state index is 0.0418. The molecule has 0 bridgehead atoms. The van der Waals surface area contributed by atoms with Gasteiger partial charge < -0.3 is 9.84 Å². The van der Waals surface area contributed by atoms with Gasteiger partial charge in [0.05, 0.1) is 17.9 Å². The highest BCUT2D eigenvalue weighted by Crippen LogP contribution is 2.41. The SMILES string of the molecule is CCOc1ccc(N2C(=O)C(=O)/C(=C(\O)c3cccc(Cl)c3)C2c2ccccn2)cc1. The third-order valence-electron chi connectivity index (χ3n) is 4.94. The molecule has 0 spiro atoms. The lowest BCUT2D eigenvalue weighted by Gasteiger charge is -2.24. The molecule has 0 aliphatic carbocycles. The van der Waals surface area contributed by atoms with Crippen LogP contribution in [-0.4, -0.2) is 28.4 Å². The fourth-order valence-corrected chi connectivity index (χ4v) is 3.77. The molecular weight excluding hydrogens is 416 g/mol. The molecule has 0 radical (unpaired) electrons. The number of pyridine rings is 1. The van der Waals surface area contributed by atoms with Crippen molar-refractivity contribution < 1.29 is 19.4 Å². The van der Waals surface area contributed by atoms with Crippen molar-refractivity contribution in [2.45, 2.75) is 13.0 Å². The van der Waals surface area contributed by atoms with Gasteiger partial charge in [-0.15, -0.1) is 0 Å². The highest BCUT2D eigenvalue weighted by Gasteiger charge is 2.47. The Morgan fingerprint density at radius 3 is 2.52 bits per heavy atom. The number of rotatable bonds is 5. The van der Waals surface area contributed by atoms with E-state index in [1.54, 1.807) is 66.9 Å². The van der Waals surface area contributed by atoms with Crippen molar-refractivity contribution in [2.75, 3.05) is 11.5 Å². The van der Waals surface area contributed by atoms with E-state index in [0.717, 1.165) is 0 Å². The molecule has 7 heteroatoms. The minimum Gasteiger partial charge on any atom is -0.507 e. The average molecular weight is 435 g/mol. The average Bonchev–Trinajstić information content (AvgIpc) is 3.05. The molecule has 1 aromatic heterocycles. The number of nitrogens with zero attached hydrogens (tertiary/aromatic N) is 2. The molecule has 1 aliphatic rings. The molecular formula is C24H19ClN2O4. The molecule has 2 heterocycles. The molecule has 156 valence electrons. The number of hydrogen-bond donors (Lipinski definition) is 1. The van der Waals surface area contributed by atoms with Crippen molar-refractivity contribution in [3.63, 3.8) is 0 Å². The maximum Gasteiger partial charge on any atom is 0.300 e. The van der Waals surface area contributed by atoms with Gasteiger partial charge in [-0.3, -0.25) is 19.5 Å². The quantitative estimate of drug-likeness (QED) is 0.356. The molecule has 1 amide bonds. The number of anilines is 1. The number of amides is 1. The summed E-state index contributed by atoms with van der Waals surface area (Å²) in [6, 6.07) is 17.7. The molecule has 1 fully saturated rings. The van der Waals surface area contributed by atoms with Crippen molar-refractivity contribution in [3.05, 3.63) is 94.8 Å². The Morgan fingerprint density at radius 1 is 1.10 bits per heavy atom. The number of carbonyl (C=O) groups is 2. The molecule has 1 saturated heterocycles. The Balaban J connectivity index is 1.88. The van der Waals surface area contributed by atoms with Crippen LogP contribution in [0.3, 0.4) is 0 Å². The Bertz CT molecular complexity index is 1160. The first-order valence-corrected chi connectivity index (χ1v) is 10.1. The summed E-state index contributed by atoms with van der Waals surface area (Å²) in [6.45, 7) is 2.39. The van der Waals surface area contributed by atoms with E-state index in [-0.39, 0.29) is 11.3 Å². The molecule has 3 aromatic rings. The normalized spacial score (nSPS) is 17.7. The topological polar surface area (TPSA) is 79.7 Å². The number of hydrogen-bond acceptors (Lipinski definition) is 5. The van der Waals surface area contributed by atoms with E-state index in [1.807, 2.05) is 6.92 Å². The van der Waals surface area contributed by atoms with Crippen LogP contribution in [0, 0.1) is 0 Å². The second kappa shape index (κ2) is 8.62. The highest BCUT2D eigenvalue weighted by molar-refractivity contribution is 6.51. The monoisotopic (exact) mass is 434 g/mol. The predicted molar refractivity (Wildman–Crippen MR) is 118 cm³/mol. The number of aromatic nitrogens is 1. The Hall–Kier alpha value is -3.64. The van der Waals surface area contributed by atoms with Crippen molar-refractivity contribution >= 4 is 34.7 Å². The largest absolute Gasteiger partial charge is 0.507 e. The zero-order chi connectivity index (χ0) is 22.0. The molecule has 31 heavy (non-hydrogen) atoms. The van der Waals surface area contributed by atoms with Gasteiger partial charge in [0, 0.05) is 22.5 Å². The Kier molecular flexibility index (Phi) is 5.73. The third kappa shape index (κ3) is 3.90. The van der Waals surface area contributed by atoms with E-state index in [0.29, 0.717) is 34.3 Å². The lowest BCUT2D eigenvalue weighted by Crippen LogP contribution is -2.29. The summed E-state index contributed by atoms with van der Waals surface area (Å²) < 4.78 is 5.47. The van der Waals surface area contributed by atoms with Crippen LogP contribution in [0.1, 0.15) is 24.2 Å². The molecule has 1 aliphatic heterocycles. The summed E-state index contributed by atoms with van der Waals surface area (Å²) >= 11 is 6.06. The zero-order valence-corrected chi connectivity index (χ0v) is 17.4. The predicted octanol–water partition coefficient (Wildman–Crippen LogP) is 4.76. The molecule has 0 saturated carbocycles. The summed E-state index contributed by atoms with van der Waals surface area (Å²) in [5, 5.41) is 11.4. The van der Waals surface area contributed by atoms with Gasteiger partial charge in [-0.1, -0.05) is 29.8 Å². The molecule has 6 nitrogen and oxygen atoms in total. The summed E-state index contributed by atoms with van der Waals surface area (Å²) in [5.74, 6) is -1.19. The second-order valence-corrected chi connectivity index (χ2v) is 7.30. The Labute approximate surface area is 184 Å². The van der Waals surface area contributed by atoms with Gasteiger partial charge in [0.25, 0.3) is 11.7 Å². The lowest BCUT2D eigenvalue weighted by molar-refractivity contribution is -0.132. The number of ether oxygens (including phenoxy) is 1. The zero-order valence-electron chi connectivity index (χ0n) is 16.7. The fourth-order valence-electron chi connectivity index (χ4n) is 3.58. The standard InChI is InChI=1S/C24H19ClN2O4/c1-2-31-18-11-9-17(10-12-18)27-21(19-8-3-4-13-26-19)20(23(29)24(27)30)22(28)15-6-5-7-16(25)14-15/h3-14,21,28H,2H2,1H3/b22-20-. The van der Waals surface area contributed by atoms with Crippen molar-refractivity contribution in [3.8, 4) is 5.75 Å². The van der Waals surface area contributed by atoms with E-state index in [2.05, 4.69) is 4.98 Å². The van der Waals surface area contributed by atoms with Crippen LogP contribution < -0.4 is 9.64 Å². The van der Waals surface area contributed by atoms with Gasteiger partial charge in [-0.25, -0.2) is 0 Å². The van der Waals surface area contributed by atoms with Gasteiger partial charge in [-0.05, 0) is 55.5 Å². The third-order valence-corrected chi connectivity index (χ3v) is 5.17. The van der Waals surface area contributed by atoms with E-state index in [1.165, 1.54) is 11.0 Å². The van der Waals surface area contributed by atoms with Crippen LogP contribution in [0.15, 0.2) is 78.5 Å². The van der Waals surface area contributed by atoms with Gasteiger partial charge >= 0.3 is 0 Å². The first kappa shape index (κ1) is 20.6. The van der Waals surface area contributed by atoms with Crippen LogP contribution in [-0.2, 0) is 9.59 Å². The van der Waals surface area contributed by atoms with Crippen LogP contribution in [0.2, 0.25) is 5.02 Å². The second-order valence-electron chi connectivity index (χ2n) is 6.86. The summed E-state index contributed by atoms with van der Waals surface area (Å²) in [5.41, 5.74) is 1.25. The molecule has 1 unspecified atom stereocenters. The number of benzene rings is 2. The number of ketones is 1. The number of halogens is 1. The molecule has 4 rings (SSSR count). The first-order chi connectivity index (χ1) is 15.0. The summed E-state index contributed by atoms with van der Waals surface area (Å²) in [6.07, 6.45) is 1.58. The van der Waals surface area contributed by atoms with Gasteiger partial charge in [0.1, 0.15) is 17.6 Å². The summed E-state index contributed by atoms with van der Waals surface area (Å²) in [4.78, 5) is 31.8. The van der Waals surface area contributed by atoms with Gasteiger partial charge in [0.15, 0.2) is 0 Å². The number of carbonyl (C=O) groups excluding carboxylic acids is 2.